The lowest BCUT2D eigenvalue weighted by molar-refractivity contribution is 0.388. The van der Waals surface area contributed by atoms with E-state index in [4.69, 9.17) is 4.52 Å². The van der Waals surface area contributed by atoms with Gasteiger partial charge in [0.05, 0.1) is 4.90 Å². The number of anilines is 1. The summed E-state index contributed by atoms with van der Waals surface area (Å²) in [6.07, 6.45) is 0.531. The standard InChI is InChI=1S/C16H15N3O3S/c1-12-17-16(18-22-12)11-13-7-9-14(10-8-13)19-23(20,21)15-5-3-2-4-6-15/h2-10,19H,11H2,1H3. The SMILES string of the molecule is Cc1nc(Cc2ccc(NS(=O)(=O)c3ccccc3)cc2)no1. The minimum Gasteiger partial charge on any atom is -0.340 e. The van der Waals surface area contributed by atoms with Crippen LogP contribution in [0.3, 0.4) is 0 Å². The lowest BCUT2D eigenvalue weighted by Gasteiger charge is -2.08. The van der Waals surface area contributed by atoms with Crippen molar-refractivity contribution < 1.29 is 12.9 Å². The molecule has 0 amide bonds. The highest BCUT2D eigenvalue weighted by Gasteiger charge is 2.13. The van der Waals surface area contributed by atoms with Gasteiger partial charge in [0.25, 0.3) is 10.0 Å². The second-order valence-corrected chi connectivity index (χ2v) is 6.70. The summed E-state index contributed by atoms with van der Waals surface area (Å²) in [5.74, 6) is 1.12. The number of nitrogens with zero attached hydrogens (tertiary/aromatic N) is 2. The maximum atomic E-state index is 12.2. The van der Waals surface area contributed by atoms with Crippen LogP contribution >= 0.6 is 0 Å². The van der Waals surface area contributed by atoms with Crippen molar-refractivity contribution in [3.63, 3.8) is 0 Å². The molecular weight excluding hydrogens is 314 g/mol. The quantitative estimate of drug-likeness (QED) is 0.778. The maximum absolute atomic E-state index is 12.2. The number of sulfonamides is 1. The second kappa shape index (κ2) is 6.21. The molecule has 2 aromatic carbocycles. The van der Waals surface area contributed by atoms with Gasteiger partial charge in [-0.1, -0.05) is 35.5 Å². The zero-order valence-electron chi connectivity index (χ0n) is 12.4. The Morgan fingerprint density at radius 1 is 1.04 bits per heavy atom. The molecule has 23 heavy (non-hydrogen) atoms. The Morgan fingerprint density at radius 3 is 2.35 bits per heavy atom. The third-order valence-corrected chi connectivity index (χ3v) is 4.59. The molecule has 0 spiro atoms. The van der Waals surface area contributed by atoms with Gasteiger partial charge >= 0.3 is 0 Å². The topological polar surface area (TPSA) is 85.1 Å². The summed E-state index contributed by atoms with van der Waals surface area (Å²) in [5, 5.41) is 3.83. The first-order valence-electron chi connectivity index (χ1n) is 6.99. The van der Waals surface area contributed by atoms with E-state index in [-0.39, 0.29) is 4.90 Å². The number of rotatable bonds is 5. The average molecular weight is 329 g/mol. The zero-order chi connectivity index (χ0) is 16.3. The van der Waals surface area contributed by atoms with E-state index >= 15 is 0 Å². The lowest BCUT2D eigenvalue weighted by atomic mass is 10.1. The van der Waals surface area contributed by atoms with Crippen molar-refractivity contribution in [1.29, 1.82) is 0 Å². The van der Waals surface area contributed by atoms with Crippen LogP contribution in [0.2, 0.25) is 0 Å². The molecule has 0 saturated heterocycles. The van der Waals surface area contributed by atoms with E-state index in [1.54, 1.807) is 49.4 Å². The molecule has 0 radical (unpaired) electrons. The normalized spacial score (nSPS) is 11.3. The van der Waals surface area contributed by atoms with Gasteiger partial charge in [-0.2, -0.15) is 4.98 Å². The first-order valence-corrected chi connectivity index (χ1v) is 8.47. The fraction of sp³-hybridized carbons (Fsp3) is 0.125. The number of aromatic nitrogens is 2. The summed E-state index contributed by atoms with van der Waals surface area (Å²) in [6.45, 7) is 1.73. The Hall–Kier alpha value is -2.67. The minimum atomic E-state index is -3.57. The van der Waals surface area contributed by atoms with Crippen LogP contribution in [0.5, 0.6) is 0 Å². The number of hydrogen-bond donors (Lipinski definition) is 1. The number of aryl methyl sites for hydroxylation is 1. The molecular formula is C16H15N3O3S. The molecule has 0 fully saturated rings. The van der Waals surface area contributed by atoms with Gasteiger partial charge in [-0.15, -0.1) is 0 Å². The molecule has 0 saturated carbocycles. The number of nitrogens with one attached hydrogen (secondary N) is 1. The van der Waals surface area contributed by atoms with E-state index in [0.717, 1.165) is 5.56 Å². The highest BCUT2D eigenvalue weighted by atomic mass is 32.2. The van der Waals surface area contributed by atoms with Crippen molar-refractivity contribution in [2.75, 3.05) is 4.72 Å². The Morgan fingerprint density at radius 2 is 1.74 bits per heavy atom. The third-order valence-electron chi connectivity index (χ3n) is 3.19. The molecule has 0 unspecified atom stereocenters. The van der Waals surface area contributed by atoms with Gasteiger partial charge in [0.1, 0.15) is 0 Å². The van der Waals surface area contributed by atoms with Gasteiger partial charge in [0, 0.05) is 19.0 Å². The number of hydrogen-bond acceptors (Lipinski definition) is 5. The van der Waals surface area contributed by atoms with E-state index in [9.17, 15) is 8.42 Å². The summed E-state index contributed by atoms with van der Waals surface area (Å²) < 4.78 is 31.9. The Kier molecular flexibility index (Phi) is 4.12. The summed E-state index contributed by atoms with van der Waals surface area (Å²) in [7, 11) is -3.57. The zero-order valence-corrected chi connectivity index (χ0v) is 13.2. The van der Waals surface area contributed by atoms with Crippen LogP contribution in [0.15, 0.2) is 64.0 Å². The summed E-state index contributed by atoms with van der Waals surface area (Å²) >= 11 is 0. The molecule has 3 aromatic rings. The highest BCUT2D eigenvalue weighted by molar-refractivity contribution is 7.92. The highest BCUT2D eigenvalue weighted by Crippen LogP contribution is 2.17. The number of benzene rings is 2. The van der Waals surface area contributed by atoms with Crippen LogP contribution < -0.4 is 4.72 Å². The summed E-state index contributed by atoms with van der Waals surface area (Å²) in [6, 6.07) is 15.3. The fourth-order valence-corrected chi connectivity index (χ4v) is 3.18. The van der Waals surface area contributed by atoms with Gasteiger partial charge in [0.15, 0.2) is 5.82 Å². The van der Waals surface area contributed by atoms with Crippen molar-refractivity contribution in [2.24, 2.45) is 0 Å². The lowest BCUT2D eigenvalue weighted by Crippen LogP contribution is -2.12. The molecule has 3 rings (SSSR count). The molecule has 0 aliphatic heterocycles. The first kappa shape index (κ1) is 15.2. The van der Waals surface area contributed by atoms with Gasteiger partial charge in [0.2, 0.25) is 5.89 Å². The van der Waals surface area contributed by atoms with Crippen molar-refractivity contribution in [1.82, 2.24) is 10.1 Å². The van der Waals surface area contributed by atoms with Crippen LogP contribution in [-0.2, 0) is 16.4 Å². The monoisotopic (exact) mass is 329 g/mol. The smallest absolute Gasteiger partial charge is 0.261 e. The van der Waals surface area contributed by atoms with Gasteiger partial charge < -0.3 is 4.52 Å². The average Bonchev–Trinajstić information content (AvgIpc) is 2.95. The van der Waals surface area contributed by atoms with Crippen LogP contribution in [0.25, 0.3) is 0 Å². The molecule has 1 heterocycles. The predicted octanol–water partition coefficient (Wildman–Crippen LogP) is 2.77. The molecule has 0 bridgehead atoms. The largest absolute Gasteiger partial charge is 0.340 e. The van der Waals surface area contributed by atoms with Crippen molar-refractivity contribution in [3.05, 3.63) is 71.9 Å². The van der Waals surface area contributed by atoms with Crippen LogP contribution in [0.4, 0.5) is 5.69 Å². The molecule has 0 atom stereocenters. The summed E-state index contributed by atoms with van der Waals surface area (Å²) in [4.78, 5) is 4.37. The van der Waals surface area contributed by atoms with E-state index in [1.165, 1.54) is 0 Å². The Labute approximate surface area is 134 Å². The third kappa shape index (κ3) is 3.75. The Balaban J connectivity index is 1.72. The minimum absolute atomic E-state index is 0.228. The molecule has 7 heteroatoms. The van der Waals surface area contributed by atoms with Crippen LogP contribution in [-0.4, -0.2) is 18.6 Å². The van der Waals surface area contributed by atoms with Crippen LogP contribution in [0, 0.1) is 6.92 Å². The van der Waals surface area contributed by atoms with Crippen molar-refractivity contribution in [3.8, 4) is 0 Å². The van der Waals surface area contributed by atoms with E-state index in [1.807, 2.05) is 12.1 Å². The molecule has 1 N–H and O–H groups in total. The molecule has 118 valence electrons. The van der Waals surface area contributed by atoms with E-state index < -0.39 is 10.0 Å². The Bertz CT molecular complexity index is 888. The second-order valence-electron chi connectivity index (χ2n) is 5.02. The van der Waals surface area contributed by atoms with Crippen LogP contribution in [0.1, 0.15) is 17.3 Å². The molecule has 1 aromatic heterocycles. The molecule has 6 nitrogen and oxygen atoms in total. The fourth-order valence-electron chi connectivity index (χ4n) is 2.10. The van der Waals surface area contributed by atoms with Gasteiger partial charge in [-0.05, 0) is 29.8 Å². The summed E-state index contributed by atoms with van der Waals surface area (Å²) in [5.41, 5.74) is 1.47. The van der Waals surface area contributed by atoms with Crippen molar-refractivity contribution >= 4 is 15.7 Å². The maximum Gasteiger partial charge on any atom is 0.261 e. The predicted molar refractivity (Wildman–Crippen MR) is 85.5 cm³/mol. The van der Waals surface area contributed by atoms with E-state index in [2.05, 4.69) is 14.9 Å². The molecule has 0 aliphatic rings. The first-order chi connectivity index (χ1) is 11.0. The van der Waals surface area contributed by atoms with E-state index in [0.29, 0.717) is 23.8 Å². The van der Waals surface area contributed by atoms with Gasteiger partial charge in [-0.25, -0.2) is 8.42 Å². The molecule has 0 aliphatic carbocycles. The van der Waals surface area contributed by atoms with Crippen molar-refractivity contribution in [2.45, 2.75) is 18.2 Å². The van der Waals surface area contributed by atoms with Gasteiger partial charge in [-0.3, -0.25) is 4.72 Å².